The number of tetrazole rings is 1. The summed E-state index contributed by atoms with van der Waals surface area (Å²) in [5, 5.41) is 26.4. The number of nitrogens with one attached hydrogen (secondary N) is 2. The molecule has 23 heavy (non-hydrogen) atoms. The molecular formula is C14H15N5O4. The van der Waals surface area contributed by atoms with E-state index < -0.39 is 6.10 Å². The van der Waals surface area contributed by atoms with Gasteiger partial charge in [-0.25, -0.2) is 0 Å². The fraction of sp³-hybridized carbons (Fsp3) is 0.429. The lowest BCUT2D eigenvalue weighted by atomic mass is 10.0. The van der Waals surface area contributed by atoms with E-state index in [-0.39, 0.29) is 30.8 Å². The van der Waals surface area contributed by atoms with Crippen LogP contribution in [-0.2, 0) is 9.47 Å². The number of aromatic nitrogens is 4. The molecule has 3 N–H and O–H groups in total. The summed E-state index contributed by atoms with van der Waals surface area (Å²) in [4.78, 5) is 12.6. The first-order chi connectivity index (χ1) is 11.2. The zero-order chi connectivity index (χ0) is 15.8. The monoisotopic (exact) mass is 317 g/mol. The third-order valence-corrected chi connectivity index (χ3v) is 4.10. The third-order valence-electron chi connectivity index (χ3n) is 4.10. The zero-order valence-corrected chi connectivity index (χ0v) is 12.0. The molecule has 9 heteroatoms. The number of fused-ring (bicyclic) bond motifs is 1. The normalized spacial score (nSPS) is 29.4. The Labute approximate surface area is 131 Å². The Morgan fingerprint density at radius 3 is 2.91 bits per heavy atom. The van der Waals surface area contributed by atoms with E-state index in [1.165, 1.54) is 0 Å². The summed E-state index contributed by atoms with van der Waals surface area (Å²) in [7, 11) is 0. The van der Waals surface area contributed by atoms with Crippen molar-refractivity contribution in [3.05, 3.63) is 29.8 Å². The van der Waals surface area contributed by atoms with Gasteiger partial charge in [-0.05, 0) is 11.3 Å². The van der Waals surface area contributed by atoms with Crippen molar-refractivity contribution in [3.63, 3.8) is 0 Å². The molecular weight excluding hydrogens is 302 g/mol. The molecule has 1 amide bonds. The zero-order valence-electron chi connectivity index (χ0n) is 12.0. The van der Waals surface area contributed by atoms with Crippen molar-refractivity contribution in [2.24, 2.45) is 0 Å². The standard InChI is InChI=1S/C14H15N5O4/c20-10-6-23-11-9(5-22-12(10)11)15-14(21)8-4-2-1-3-7(8)13-16-18-19-17-13/h1-4,9-12,20H,5-6H2,(H,15,21)(H,16,17,18,19)/t9-,10-,11-,12-/m1/s1. The van der Waals surface area contributed by atoms with Crippen molar-refractivity contribution in [1.29, 1.82) is 0 Å². The average molecular weight is 317 g/mol. The first-order valence-electron chi connectivity index (χ1n) is 7.29. The van der Waals surface area contributed by atoms with Gasteiger partial charge in [-0.3, -0.25) is 4.79 Å². The number of H-pyrrole nitrogens is 1. The van der Waals surface area contributed by atoms with E-state index in [0.29, 0.717) is 23.6 Å². The second-order valence-electron chi connectivity index (χ2n) is 5.52. The maximum Gasteiger partial charge on any atom is 0.252 e. The molecule has 2 saturated heterocycles. The van der Waals surface area contributed by atoms with Crippen LogP contribution in [0.1, 0.15) is 10.4 Å². The van der Waals surface area contributed by atoms with Crippen LogP contribution >= 0.6 is 0 Å². The lowest BCUT2D eigenvalue weighted by Gasteiger charge is -2.18. The Balaban J connectivity index is 1.54. The molecule has 2 aliphatic rings. The maximum absolute atomic E-state index is 12.6. The number of carbonyl (C=O) groups is 1. The summed E-state index contributed by atoms with van der Waals surface area (Å²) in [6.07, 6.45) is -1.35. The quantitative estimate of drug-likeness (QED) is 0.672. The maximum atomic E-state index is 12.6. The molecule has 2 aliphatic heterocycles. The number of nitrogens with zero attached hydrogens (tertiary/aromatic N) is 3. The molecule has 2 aromatic rings. The molecule has 0 bridgehead atoms. The van der Waals surface area contributed by atoms with Gasteiger partial charge in [0, 0.05) is 5.56 Å². The van der Waals surface area contributed by atoms with Crippen LogP contribution in [-0.4, -0.2) is 69.2 Å². The van der Waals surface area contributed by atoms with Crippen LogP contribution in [0.4, 0.5) is 0 Å². The molecule has 0 saturated carbocycles. The van der Waals surface area contributed by atoms with Gasteiger partial charge in [0.1, 0.15) is 18.3 Å². The van der Waals surface area contributed by atoms with Gasteiger partial charge in [0.05, 0.1) is 24.8 Å². The highest BCUT2D eigenvalue weighted by atomic mass is 16.6. The number of aliphatic hydroxyl groups excluding tert-OH is 1. The van der Waals surface area contributed by atoms with Gasteiger partial charge < -0.3 is 19.9 Å². The smallest absolute Gasteiger partial charge is 0.252 e. The second-order valence-corrected chi connectivity index (χ2v) is 5.52. The van der Waals surface area contributed by atoms with Crippen molar-refractivity contribution in [2.45, 2.75) is 24.4 Å². The van der Waals surface area contributed by atoms with Gasteiger partial charge in [-0.15, -0.1) is 10.2 Å². The minimum Gasteiger partial charge on any atom is -0.388 e. The number of amides is 1. The molecule has 2 fully saturated rings. The molecule has 0 spiro atoms. The number of rotatable bonds is 3. The summed E-state index contributed by atoms with van der Waals surface area (Å²) in [6, 6.07) is 6.71. The first-order valence-corrected chi connectivity index (χ1v) is 7.29. The van der Waals surface area contributed by atoms with Crippen molar-refractivity contribution >= 4 is 5.91 Å². The van der Waals surface area contributed by atoms with Crippen LogP contribution in [0, 0.1) is 0 Å². The van der Waals surface area contributed by atoms with E-state index in [9.17, 15) is 9.90 Å². The van der Waals surface area contributed by atoms with Crippen LogP contribution in [0.3, 0.4) is 0 Å². The Hall–Kier alpha value is -2.36. The molecule has 0 unspecified atom stereocenters. The van der Waals surface area contributed by atoms with Gasteiger partial charge in [-0.2, -0.15) is 5.21 Å². The van der Waals surface area contributed by atoms with Crippen LogP contribution < -0.4 is 5.32 Å². The first kappa shape index (κ1) is 14.2. The molecule has 1 aromatic carbocycles. The molecule has 4 atom stereocenters. The highest BCUT2D eigenvalue weighted by molar-refractivity contribution is 6.00. The molecule has 0 aliphatic carbocycles. The minimum absolute atomic E-state index is 0.223. The summed E-state index contributed by atoms with van der Waals surface area (Å²) < 4.78 is 11.0. The van der Waals surface area contributed by atoms with Gasteiger partial charge >= 0.3 is 0 Å². The lowest BCUT2D eigenvalue weighted by molar-refractivity contribution is 0.0178. The molecule has 9 nitrogen and oxygen atoms in total. The van der Waals surface area contributed by atoms with E-state index in [1.54, 1.807) is 24.3 Å². The highest BCUT2D eigenvalue weighted by Crippen LogP contribution is 2.27. The topological polar surface area (TPSA) is 122 Å². The lowest BCUT2D eigenvalue weighted by Crippen LogP contribution is -2.44. The average Bonchev–Trinajstić information content (AvgIpc) is 3.28. The number of carbonyl (C=O) groups excluding carboxylic acids is 1. The highest BCUT2D eigenvalue weighted by Gasteiger charge is 2.47. The van der Waals surface area contributed by atoms with Crippen LogP contribution in [0.2, 0.25) is 0 Å². The number of benzene rings is 1. The predicted octanol–water partition coefficient (Wildman–Crippen LogP) is -0.876. The Bertz CT molecular complexity index is 707. The molecule has 1 aromatic heterocycles. The van der Waals surface area contributed by atoms with Crippen LogP contribution in [0.25, 0.3) is 11.4 Å². The van der Waals surface area contributed by atoms with Gasteiger partial charge in [0.2, 0.25) is 5.82 Å². The Morgan fingerprint density at radius 2 is 2.09 bits per heavy atom. The van der Waals surface area contributed by atoms with Crippen molar-refractivity contribution < 1.29 is 19.4 Å². The second kappa shape index (κ2) is 5.69. The summed E-state index contributed by atoms with van der Waals surface area (Å²) in [5.41, 5.74) is 1.03. The minimum atomic E-state index is -0.645. The van der Waals surface area contributed by atoms with Crippen molar-refractivity contribution in [2.75, 3.05) is 13.2 Å². The molecule has 0 radical (unpaired) electrons. The summed E-state index contributed by atoms with van der Waals surface area (Å²) in [5.74, 6) is 0.0773. The number of ether oxygens (including phenoxy) is 2. The third kappa shape index (κ3) is 2.48. The fourth-order valence-corrected chi connectivity index (χ4v) is 3.00. The van der Waals surface area contributed by atoms with E-state index in [1.807, 2.05) is 0 Å². The van der Waals surface area contributed by atoms with Crippen LogP contribution in [0.5, 0.6) is 0 Å². The van der Waals surface area contributed by atoms with Crippen molar-refractivity contribution in [3.8, 4) is 11.4 Å². The fourth-order valence-electron chi connectivity index (χ4n) is 3.00. The summed E-state index contributed by atoms with van der Waals surface area (Å²) in [6.45, 7) is 0.531. The summed E-state index contributed by atoms with van der Waals surface area (Å²) >= 11 is 0. The number of hydrogen-bond donors (Lipinski definition) is 3. The van der Waals surface area contributed by atoms with E-state index >= 15 is 0 Å². The Kier molecular flexibility index (Phi) is 3.52. The number of aliphatic hydroxyl groups is 1. The van der Waals surface area contributed by atoms with E-state index in [4.69, 9.17) is 9.47 Å². The van der Waals surface area contributed by atoms with E-state index in [0.717, 1.165) is 0 Å². The molecule has 4 rings (SSSR count). The van der Waals surface area contributed by atoms with Crippen molar-refractivity contribution in [1.82, 2.24) is 25.9 Å². The van der Waals surface area contributed by atoms with Gasteiger partial charge in [-0.1, -0.05) is 18.2 Å². The number of hydrogen-bond acceptors (Lipinski definition) is 7. The SMILES string of the molecule is O=C(N[C@@H]1CO[C@H]2[C@@H]1OC[C@H]2O)c1ccccc1-c1nn[nH]n1. The predicted molar refractivity (Wildman–Crippen MR) is 76.4 cm³/mol. The van der Waals surface area contributed by atoms with Crippen LogP contribution in [0.15, 0.2) is 24.3 Å². The molecule has 120 valence electrons. The van der Waals surface area contributed by atoms with E-state index in [2.05, 4.69) is 25.9 Å². The Morgan fingerprint density at radius 1 is 1.26 bits per heavy atom. The largest absolute Gasteiger partial charge is 0.388 e. The van der Waals surface area contributed by atoms with Gasteiger partial charge in [0.15, 0.2) is 0 Å². The van der Waals surface area contributed by atoms with Gasteiger partial charge in [0.25, 0.3) is 5.91 Å². The molecule has 3 heterocycles. The number of aromatic amines is 1.